The van der Waals surface area contributed by atoms with Crippen molar-refractivity contribution in [3.05, 3.63) is 48.7 Å². The Labute approximate surface area is 139 Å². The lowest BCUT2D eigenvalue weighted by Crippen LogP contribution is -1.93. The summed E-state index contributed by atoms with van der Waals surface area (Å²) in [4.78, 5) is 0. The first kappa shape index (κ1) is 15.7. The standard InChI is InChI=1S/C18H18N2O4/c1-3-23-12-8-9-13(14(21)10-12)18-17(11-19-20-18)24-16-7-5-4-6-15(16)22-2/h4-11,21H,3H2,1-2H3,(H,19,20). The number of nitrogens with zero attached hydrogens (tertiary/aromatic N) is 1. The molecule has 0 saturated heterocycles. The molecular formula is C18H18N2O4. The van der Waals surface area contributed by atoms with E-state index in [9.17, 15) is 5.11 Å². The highest BCUT2D eigenvalue weighted by atomic mass is 16.5. The average molecular weight is 326 g/mol. The van der Waals surface area contributed by atoms with Crippen molar-refractivity contribution in [3.8, 4) is 40.0 Å². The highest BCUT2D eigenvalue weighted by molar-refractivity contribution is 5.73. The molecule has 0 bridgehead atoms. The summed E-state index contributed by atoms with van der Waals surface area (Å²) in [7, 11) is 1.58. The topological polar surface area (TPSA) is 76.6 Å². The predicted octanol–water partition coefficient (Wildman–Crippen LogP) is 3.98. The molecule has 0 aliphatic carbocycles. The van der Waals surface area contributed by atoms with Crippen LogP contribution >= 0.6 is 0 Å². The maximum Gasteiger partial charge on any atom is 0.173 e. The SMILES string of the molecule is CCOc1ccc(-c2[nH]ncc2Oc2ccccc2OC)c(O)c1. The highest BCUT2D eigenvalue weighted by Gasteiger charge is 2.16. The number of ether oxygens (including phenoxy) is 3. The largest absolute Gasteiger partial charge is 0.507 e. The summed E-state index contributed by atoms with van der Waals surface area (Å²) in [6, 6.07) is 12.4. The zero-order chi connectivity index (χ0) is 16.9. The van der Waals surface area contributed by atoms with Crippen molar-refractivity contribution in [2.45, 2.75) is 6.92 Å². The molecule has 0 fully saturated rings. The fourth-order valence-electron chi connectivity index (χ4n) is 2.35. The third-order valence-corrected chi connectivity index (χ3v) is 3.44. The summed E-state index contributed by atoms with van der Waals surface area (Å²) in [6.45, 7) is 2.42. The molecule has 0 spiro atoms. The van der Waals surface area contributed by atoms with Gasteiger partial charge in [0.1, 0.15) is 17.2 Å². The van der Waals surface area contributed by atoms with Crippen molar-refractivity contribution in [2.75, 3.05) is 13.7 Å². The van der Waals surface area contributed by atoms with E-state index in [1.165, 1.54) is 0 Å². The minimum absolute atomic E-state index is 0.0788. The second-order valence-corrected chi connectivity index (χ2v) is 4.97. The summed E-state index contributed by atoms with van der Waals surface area (Å²) < 4.78 is 16.6. The average Bonchev–Trinajstić information content (AvgIpc) is 3.04. The van der Waals surface area contributed by atoms with Gasteiger partial charge in [-0.2, -0.15) is 5.10 Å². The van der Waals surface area contributed by atoms with Crippen LogP contribution in [0.15, 0.2) is 48.7 Å². The van der Waals surface area contributed by atoms with E-state index in [1.807, 2.05) is 25.1 Å². The van der Waals surface area contributed by atoms with Crippen LogP contribution in [0.5, 0.6) is 28.7 Å². The van der Waals surface area contributed by atoms with Crippen LogP contribution in [-0.2, 0) is 0 Å². The molecule has 3 aromatic rings. The summed E-state index contributed by atoms with van der Waals surface area (Å²) in [5.74, 6) is 2.34. The molecule has 0 atom stereocenters. The lowest BCUT2D eigenvalue weighted by Gasteiger charge is -2.11. The Hall–Kier alpha value is -3.15. The number of hydrogen-bond acceptors (Lipinski definition) is 5. The third kappa shape index (κ3) is 3.12. The van der Waals surface area contributed by atoms with Crippen molar-refractivity contribution < 1.29 is 19.3 Å². The number of phenolic OH excluding ortho intramolecular Hbond substituents is 1. The Morgan fingerprint density at radius 1 is 1.08 bits per heavy atom. The molecule has 0 aliphatic heterocycles. The molecule has 0 saturated carbocycles. The van der Waals surface area contributed by atoms with Crippen LogP contribution in [0.25, 0.3) is 11.3 Å². The van der Waals surface area contributed by atoms with E-state index < -0.39 is 0 Å². The van der Waals surface area contributed by atoms with Crippen LogP contribution in [0.4, 0.5) is 0 Å². The van der Waals surface area contributed by atoms with E-state index in [0.717, 1.165) is 0 Å². The molecular weight excluding hydrogens is 308 g/mol. The van der Waals surface area contributed by atoms with Gasteiger partial charge in [-0.3, -0.25) is 5.10 Å². The molecule has 0 aliphatic rings. The number of nitrogens with one attached hydrogen (secondary N) is 1. The number of phenols is 1. The van der Waals surface area contributed by atoms with Gasteiger partial charge in [-0.1, -0.05) is 12.1 Å². The number of H-pyrrole nitrogens is 1. The molecule has 1 aromatic heterocycles. The number of aromatic nitrogens is 2. The number of rotatable bonds is 6. The Kier molecular flexibility index (Phi) is 4.56. The van der Waals surface area contributed by atoms with E-state index in [1.54, 1.807) is 37.6 Å². The Balaban J connectivity index is 1.93. The fourth-order valence-corrected chi connectivity index (χ4v) is 2.35. The zero-order valence-electron chi connectivity index (χ0n) is 13.4. The Bertz CT molecular complexity index is 829. The summed E-state index contributed by atoms with van der Waals surface area (Å²) in [5.41, 5.74) is 1.14. The highest BCUT2D eigenvalue weighted by Crippen LogP contribution is 2.39. The molecule has 0 unspecified atom stereocenters. The predicted molar refractivity (Wildman–Crippen MR) is 89.9 cm³/mol. The zero-order valence-corrected chi connectivity index (χ0v) is 13.4. The van der Waals surface area contributed by atoms with Crippen LogP contribution in [-0.4, -0.2) is 29.0 Å². The van der Waals surface area contributed by atoms with Crippen LogP contribution in [0.3, 0.4) is 0 Å². The van der Waals surface area contributed by atoms with Crippen molar-refractivity contribution in [3.63, 3.8) is 0 Å². The van der Waals surface area contributed by atoms with Gasteiger partial charge in [0.2, 0.25) is 0 Å². The van der Waals surface area contributed by atoms with Gasteiger partial charge < -0.3 is 19.3 Å². The first-order valence-corrected chi connectivity index (χ1v) is 7.53. The number of methoxy groups -OCH3 is 1. The van der Waals surface area contributed by atoms with Gasteiger partial charge in [0.05, 0.1) is 19.9 Å². The maximum atomic E-state index is 10.3. The van der Waals surface area contributed by atoms with Gasteiger partial charge in [-0.05, 0) is 31.2 Å². The van der Waals surface area contributed by atoms with Crippen LogP contribution in [0, 0.1) is 0 Å². The monoisotopic (exact) mass is 326 g/mol. The van der Waals surface area contributed by atoms with Gasteiger partial charge in [-0.25, -0.2) is 0 Å². The third-order valence-electron chi connectivity index (χ3n) is 3.44. The van der Waals surface area contributed by atoms with Crippen LogP contribution < -0.4 is 14.2 Å². The van der Waals surface area contributed by atoms with Crippen molar-refractivity contribution in [1.82, 2.24) is 10.2 Å². The number of para-hydroxylation sites is 2. The molecule has 2 aromatic carbocycles. The maximum absolute atomic E-state index is 10.3. The van der Waals surface area contributed by atoms with Gasteiger partial charge >= 0.3 is 0 Å². The molecule has 1 heterocycles. The second kappa shape index (κ2) is 6.95. The van der Waals surface area contributed by atoms with E-state index in [4.69, 9.17) is 14.2 Å². The van der Waals surface area contributed by atoms with Gasteiger partial charge in [0.15, 0.2) is 17.2 Å². The molecule has 2 N–H and O–H groups in total. The first-order chi connectivity index (χ1) is 11.7. The van der Waals surface area contributed by atoms with Crippen molar-refractivity contribution >= 4 is 0 Å². The quantitative estimate of drug-likeness (QED) is 0.716. The first-order valence-electron chi connectivity index (χ1n) is 7.53. The summed E-state index contributed by atoms with van der Waals surface area (Å²) in [6.07, 6.45) is 1.55. The Morgan fingerprint density at radius 2 is 1.88 bits per heavy atom. The van der Waals surface area contributed by atoms with Gasteiger partial charge in [0, 0.05) is 11.6 Å². The van der Waals surface area contributed by atoms with E-state index in [2.05, 4.69) is 10.2 Å². The number of aromatic hydroxyl groups is 1. The minimum atomic E-state index is 0.0788. The van der Waals surface area contributed by atoms with Crippen molar-refractivity contribution in [1.29, 1.82) is 0 Å². The number of aromatic amines is 1. The molecule has 0 amide bonds. The number of benzene rings is 2. The molecule has 124 valence electrons. The summed E-state index contributed by atoms with van der Waals surface area (Å²) in [5, 5.41) is 17.1. The lowest BCUT2D eigenvalue weighted by molar-refractivity contribution is 0.338. The second-order valence-electron chi connectivity index (χ2n) is 4.97. The van der Waals surface area contributed by atoms with Gasteiger partial charge in [0.25, 0.3) is 0 Å². The van der Waals surface area contributed by atoms with E-state index in [0.29, 0.717) is 40.9 Å². The van der Waals surface area contributed by atoms with Crippen molar-refractivity contribution in [2.24, 2.45) is 0 Å². The summed E-state index contributed by atoms with van der Waals surface area (Å²) >= 11 is 0. The number of hydrogen-bond donors (Lipinski definition) is 2. The van der Waals surface area contributed by atoms with E-state index in [-0.39, 0.29) is 5.75 Å². The van der Waals surface area contributed by atoms with Gasteiger partial charge in [-0.15, -0.1) is 0 Å². The minimum Gasteiger partial charge on any atom is -0.507 e. The smallest absolute Gasteiger partial charge is 0.173 e. The fraction of sp³-hybridized carbons (Fsp3) is 0.167. The molecule has 6 heteroatoms. The van der Waals surface area contributed by atoms with E-state index >= 15 is 0 Å². The molecule has 0 radical (unpaired) electrons. The Morgan fingerprint density at radius 3 is 2.58 bits per heavy atom. The van der Waals surface area contributed by atoms with Crippen LogP contribution in [0.2, 0.25) is 0 Å². The normalized spacial score (nSPS) is 10.4. The molecule has 24 heavy (non-hydrogen) atoms. The molecule has 6 nitrogen and oxygen atoms in total. The lowest BCUT2D eigenvalue weighted by atomic mass is 10.1. The van der Waals surface area contributed by atoms with Crippen LogP contribution in [0.1, 0.15) is 6.92 Å². The molecule has 3 rings (SSSR count).